The third-order valence-electron chi connectivity index (χ3n) is 6.69. The second-order valence-electron chi connectivity index (χ2n) is 9.15. The average Bonchev–Trinajstić information content (AvgIpc) is 2.90. The van der Waals surface area contributed by atoms with Gasteiger partial charge in [-0.05, 0) is 43.5 Å². The van der Waals surface area contributed by atoms with Crippen molar-refractivity contribution in [3.05, 3.63) is 48.2 Å². The van der Waals surface area contributed by atoms with Crippen molar-refractivity contribution < 1.29 is 4.79 Å². The Morgan fingerprint density at radius 3 is 2.60 bits per heavy atom. The van der Waals surface area contributed by atoms with Gasteiger partial charge in [0.05, 0.1) is 5.69 Å². The summed E-state index contributed by atoms with van der Waals surface area (Å²) in [5.74, 6) is 1.02. The van der Waals surface area contributed by atoms with E-state index in [4.69, 9.17) is 9.97 Å². The Morgan fingerprint density at radius 2 is 1.86 bits per heavy atom. The number of nitrogens with one attached hydrogen (secondary N) is 2. The van der Waals surface area contributed by atoms with Gasteiger partial charge < -0.3 is 5.32 Å². The van der Waals surface area contributed by atoms with E-state index >= 15 is 0 Å². The zero-order valence-electron chi connectivity index (χ0n) is 20.0. The van der Waals surface area contributed by atoms with Crippen LogP contribution in [-0.4, -0.2) is 62.5 Å². The van der Waals surface area contributed by atoms with E-state index < -0.39 is 0 Å². The summed E-state index contributed by atoms with van der Waals surface area (Å²) in [7, 11) is 0. The molecule has 0 bridgehead atoms. The molecule has 2 fully saturated rings. The fourth-order valence-corrected chi connectivity index (χ4v) is 5.09. The van der Waals surface area contributed by atoms with Crippen LogP contribution < -0.4 is 15.6 Å². The third-order valence-corrected chi connectivity index (χ3v) is 7.20. The molecule has 0 atom stereocenters. The van der Waals surface area contributed by atoms with Gasteiger partial charge in [0.25, 0.3) is 0 Å². The number of hydrazine groups is 1. The SMILES string of the molecule is Cc1cc(NC(=O)N(S)C2CCCCC2)nc2nc(N(c3ccccc3)N3CCNCC3)ncc12. The average molecular weight is 493 g/mol. The number of aromatic nitrogens is 3. The second-order valence-corrected chi connectivity index (χ2v) is 9.58. The number of amides is 2. The number of rotatable bonds is 5. The van der Waals surface area contributed by atoms with Crippen LogP contribution in [0.5, 0.6) is 0 Å². The van der Waals surface area contributed by atoms with Gasteiger partial charge in [0, 0.05) is 43.8 Å². The Kier molecular flexibility index (Phi) is 7.31. The number of fused-ring (bicyclic) bond motifs is 1. The highest BCUT2D eigenvalue weighted by Crippen LogP contribution is 2.28. The molecule has 1 saturated carbocycles. The lowest BCUT2D eigenvalue weighted by atomic mass is 9.96. The number of nitrogens with zero attached hydrogens (tertiary/aromatic N) is 6. The number of para-hydroxylation sites is 1. The first-order chi connectivity index (χ1) is 17.1. The smallest absolute Gasteiger partial charge is 0.314 e. The molecule has 9 nitrogen and oxygen atoms in total. The molecule has 1 aliphatic heterocycles. The molecule has 3 aromatic rings. The highest BCUT2D eigenvalue weighted by molar-refractivity contribution is 7.78. The summed E-state index contributed by atoms with van der Waals surface area (Å²) in [6.07, 6.45) is 7.27. The number of urea groups is 1. The highest BCUT2D eigenvalue weighted by atomic mass is 32.1. The Labute approximate surface area is 211 Å². The van der Waals surface area contributed by atoms with Crippen molar-refractivity contribution in [3.8, 4) is 0 Å². The van der Waals surface area contributed by atoms with Crippen LogP contribution in [0.1, 0.15) is 37.7 Å². The fourth-order valence-electron chi connectivity index (χ4n) is 4.81. The summed E-state index contributed by atoms with van der Waals surface area (Å²) in [6.45, 7) is 5.46. The summed E-state index contributed by atoms with van der Waals surface area (Å²) < 4.78 is 1.52. The molecule has 2 aromatic heterocycles. The Morgan fingerprint density at radius 1 is 1.11 bits per heavy atom. The zero-order valence-corrected chi connectivity index (χ0v) is 20.9. The largest absolute Gasteiger partial charge is 0.333 e. The van der Waals surface area contributed by atoms with Gasteiger partial charge in [-0.25, -0.2) is 24.8 Å². The quantitative estimate of drug-likeness (QED) is 0.458. The molecule has 2 amide bonds. The van der Waals surface area contributed by atoms with Crippen molar-refractivity contribution in [3.63, 3.8) is 0 Å². The summed E-state index contributed by atoms with van der Waals surface area (Å²) in [4.78, 5) is 27.1. The minimum atomic E-state index is -0.257. The first-order valence-electron chi connectivity index (χ1n) is 12.3. The predicted molar refractivity (Wildman–Crippen MR) is 142 cm³/mol. The van der Waals surface area contributed by atoms with Crippen LogP contribution in [0.4, 0.5) is 22.2 Å². The van der Waals surface area contributed by atoms with Crippen molar-refractivity contribution in [2.45, 2.75) is 45.1 Å². The molecule has 184 valence electrons. The van der Waals surface area contributed by atoms with E-state index in [-0.39, 0.29) is 12.1 Å². The van der Waals surface area contributed by atoms with Crippen molar-refractivity contribution in [2.75, 3.05) is 36.5 Å². The van der Waals surface area contributed by atoms with E-state index in [1.807, 2.05) is 37.4 Å². The summed E-state index contributed by atoms with van der Waals surface area (Å²) >= 11 is 4.49. The van der Waals surface area contributed by atoms with Gasteiger partial charge in [-0.15, -0.1) is 0 Å². The van der Waals surface area contributed by atoms with E-state index in [2.05, 4.69) is 50.6 Å². The summed E-state index contributed by atoms with van der Waals surface area (Å²) in [5.41, 5.74) is 2.49. The van der Waals surface area contributed by atoms with Gasteiger partial charge in [-0.3, -0.25) is 9.62 Å². The molecule has 2 N–H and O–H groups in total. The summed E-state index contributed by atoms with van der Waals surface area (Å²) in [6, 6.07) is 11.9. The van der Waals surface area contributed by atoms with Gasteiger partial charge in [-0.1, -0.05) is 50.3 Å². The number of pyridine rings is 1. The number of hydrogen-bond acceptors (Lipinski definition) is 8. The molecule has 10 heteroatoms. The molecular weight excluding hydrogens is 460 g/mol. The van der Waals surface area contributed by atoms with Crippen LogP contribution in [0.2, 0.25) is 0 Å². The molecule has 1 saturated heterocycles. The fraction of sp³-hybridized carbons (Fsp3) is 0.440. The van der Waals surface area contributed by atoms with Crippen LogP contribution in [0, 0.1) is 6.92 Å². The van der Waals surface area contributed by atoms with E-state index in [0.717, 1.165) is 68.5 Å². The normalized spacial score (nSPS) is 17.3. The number of carbonyl (C=O) groups excluding carboxylic acids is 1. The maximum Gasteiger partial charge on any atom is 0.333 e. The van der Waals surface area contributed by atoms with Crippen LogP contribution in [0.25, 0.3) is 11.0 Å². The molecule has 0 unspecified atom stereocenters. The molecule has 35 heavy (non-hydrogen) atoms. The molecule has 0 spiro atoms. The molecule has 2 aliphatic rings. The lowest BCUT2D eigenvalue weighted by Crippen LogP contribution is -2.51. The van der Waals surface area contributed by atoms with Crippen molar-refractivity contribution in [1.82, 2.24) is 29.6 Å². The Bertz CT molecular complexity index is 1160. The van der Waals surface area contributed by atoms with Crippen LogP contribution in [0.15, 0.2) is 42.6 Å². The van der Waals surface area contributed by atoms with E-state index in [9.17, 15) is 4.79 Å². The standard InChI is InChI=1S/C25H32N8OS/c1-18-16-22(29-25(34)33(35)20-10-6-3-7-11-20)28-23-21(18)17-27-24(30-23)32(19-8-4-2-5-9-19)31-14-12-26-13-15-31/h2,4-5,8-9,16-17,20,26,35H,3,6-7,10-15H2,1H3,(H,27,28,29,30,34). The molecule has 5 rings (SSSR count). The maximum atomic E-state index is 12.9. The van der Waals surface area contributed by atoms with Gasteiger partial charge in [0.15, 0.2) is 5.65 Å². The highest BCUT2D eigenvalue weighted by Gasteiger charge is 2.25. The van der Waals surface area contributed by atoms with Crippen molar-refractivity contribution in [2.24, 2.45) is 0 Å². The number of aryl methyl sites for hydroxylation is 1. The second kappa shape index (κ2) is 10.8. The van der Waals surface area contributed by atoms with Gasteiger partial charge in [0.2, 0.25) is 5.95 Å². The molecule has 1 aliphatic carbocycles. The third kappa shape index (κ3) is 5.34. The van der Waals surface area contributed by atoms with E-state index in [1.165, 1.54) is 10.7 Å². The van der Waals surface area contributed by atoms with Crippen molar-refractivity contribution in [1.29, 1.82) is 0 Å². The van der Waals surface area contributed by atoms with Crippen LogP contribution in [-0.2, 0) is 0 Å². The summed E-state index contributed by atoms with van der Waals surface area (Å²) in [5, 5.41) is 11.5. The van der Waals surface area contributed by atoms with E-state index in [1.54, 1.807) is 0 Å². The van der Waals surface area contributed by atoms with Gasteiger partial charge >= 0.3 is 6.03 Å². The zero-order chi connectivity index (χ0) is 24.2. The molecule has 0 radical (unpaired) electrons. The van der Waals surface area contributed by atoms with Crippen molar-refractivity contribution >= 4 is 47.3 Å². The number of carbonyl (C=O) groups is 1. The number of hydrogen-bond donors (Lipinski definition) is 3. The molecular formula is C25H32N8OS. The lowest BCUT2D eigenvalue weighted by molar-refractivity contribution is 0.218. The van der Waals surface area contributed by atoms with Gasteiger partial charge in [0.1, 0.15) is 5.82 Å². The van der Waals surface area contributed by atoms with E-state index in [0.29, 0.717) is 17.4 Å². The van der Waals surface area contributed by atoms with Crippen LogP contribution >= 0.6 is 12.8 Å². The lowest BCUT2D eigenvalue weighted by Gasteiger charge is -2.37. The molecule has 1 aromatic carbocycles. The monoisotopic (exact) mass is 492 g/mol. The first-order valence-corrected chi connectivity index (χ1v) is 12.7. The van der Waals surface area contributed by atoms with Crippen LogP contribution in [0.3, 0.4) is 0 Å². The Hall–Kier alpha value is -2.95. The van der Waals surface area contributed by atoms with Gasteiger partial charge in [-0.2, -0.15) is 4.98 Å². The first kappa shape index (κ1) is 23.8. The minimum absolute atomic E-state index is 0.154. The predicted octanol–water partition coefficient (Wildman–Crippen LogP) is 4.30. The maximum absolute atomic E-state index is 12.9. The minimum Gasteiger partial charge on any atom is -0.314 e. The number of piperazine rings is 1. The Balaban J connectivity index is 1.44. The number of anilines is 3. The number of benzene rings is 1. The molecule has 3 heterocycles. The number of thiol groups is 1. The topological polar surface area (TPSA) is 89.5 Å².